The summed E-state index contributed by atoms with van der Waals surface area (Å²) in [5, 5.41) is 10.9. The van der Waals surface area contributed by atoms with Gasteiger partial charge in [0.05, 0.1) is 16.8 Å². The van der Waals surface area contributed by atoms with Crippen molar-refractivity contribution in [1.82, 2.24) is 0 Å². The lowest BCUT2D eigenvalue weighted by Crippen LogP contribution is -2.27. The van der Waals surface area contributed by atoms with E-state index < -0.39 is 0 Å². The molecule has 0 unspecified atom stereocenters. The fourth-order valence-electron chi connectivity index (χ4n) is 2.62. The summed E-state index contributed by atoms with van der Waals surface area (Å²) in [4.78, 5) is 25.3. The molecule has 106 valence electrons. The van der Waals surface area contributed by atoms with Crippen molar-refractivity contribution < 1.29 is 14.8 Å². The van der Waals surface area contributed by atoms with Crippen molar-refractivity contribution in [3.05, 3.63) is 58.7 Å². The molecule has 5 nitrogen and oxygen atoms in total. The number of rotatable bonds is 2. The van der Waals surface area contributed by atoms with E-state index in [1.54, 1.807) is 37.3 Å². The summed E-state index contributed by atoms with van der Waals surface area (Å²) in [6, 6.07) is 9.72. The number of fused-ring (bicyclic) bond motifs is 2. The van der Waals surface area contributed by atoms with E-state index in [4.69, 9.17) is 5.73 Å². The van der Waals surface area contributed by atoms with Crippen molar-refractivity contribution in [3.63, 3.8) is 0 Å². The third-order valence-electron chi connectivity index (χ3n) is 3.66. The molecule has 0 fully saturated rings. The van der Waals surface area contributed by atoms with E-state index in [-0.39, 0.29) is 28.4 Å². The van der Waals surface area contributed by atoms with Gasteiger partial charge in [-0.25, -0.2) is 0 Å². The highest BCUT2D eigenvalue weighted by atomic mass is 16.5. The minimum absolute atomic E-state index is 0.169. The lowest BCUT2D eigenvalue weighted by Gasteiger charge is -2.24. The summed E-state index contributed by atoms with van der Waals surface area (Å²) in [7, 11) is 0. The quantitative estimate of drug-likeness (QED) is 0.556. The van der Waals surface area contributed by atoms with Crippen LogP contribution < -0.4 is 10.8 Å². The molecular weight excluding hydrogens is 268 g/mol. The van der Waals surface area contributed by atoms with E-state index in [2.05, 4.69) is 0 Å². The summed E-state index contributed by atoms with van der Waals surface area (Å²) in [5.41, 5.74) is 7.46. The van der Waals surface area contributed by atoms with E-state index in [0.29, 0.717) is 23.4 Å². The molecule has 21 heavy (non-hydrogen) atoms. The molecule has 2 aromatic rings. The highest BCUT2D eigenvalue weighted by molar-refractivity contribution is 6.31. The van der Waals surface area contributed by atoms with E-state index in [1.165, 1.54) is 6.07 Å². The van der Waals surface area contributed by atoms with Crippen molar-refractivity contribution in [2.24, 2.45) is 0 Å². The number of hydroxylamine groups is 1. The first kappa shape index (κ1) is 13.3. The summed E-state index contributed by atoms with van der Waals surface area (Å²) in [6.07, 6.45) is 0. The second-order valence-electron chi connectivity index (χ2n) is 4.84. The van der Waals surface area contributed by atoms with Crippen LogP contribution in [0.1, 0.15) is 38.8 Å². The van der Waals surface area contributed by atoms with Crippen LogP contribution in [0.15, 0.2) is 36.4 Å². The van der Waals surface area contributed by atoms with E-state index in [1.807, 2.05) is 0 Å². The normalized spacial score (nSPS) is 12.9. The van der Waals surface area contributed by atoms with Crippen LogP contribution in [0, 0.1) is 0 Å². The zero-order valence-corrected chi connectivity index (χ0v) is 11.5. The number of hydrogen-bond donors (Lipinski definition) is 2. The number of nitrogen functional groups attached to an aromatic ring is 1. The van der Waals surface area contributed by atoms with Gasteiger partial charge in [0.15, 0.2) is 11.6 Å². The third kappa shape index (κ3) is 1.82. The van der Waals surface area contributed by atoms with Crippen molar-refractivity contribution >= 4 is 22.9 Å². The molecule has 5 heteroatoms. The maximum atomic E-state index is 12.7. The lowest BCUT2D eigenvalue weighted by atomic mass is 9.82. The maximum Gasteiger partial charge on any atom is 0.196 e. The Labute approximate surface area is 121 Å². The van der Waals surface area contributed by atoms with E-state index in [9.17, 15) is 14.8 Å². The van der Waals surface area contributed by atoms with Gasteiger partial charge in [0.1, 0.15) is 0 Å². The smallest absolute Gasteiger partial charge is 0.196 e. The van der Waals surface area contributed by atoms with Gasteiger partial charge in [-0.05, 0) is 19.1 Å². The largest absolute Gasteiger partial charge is 0.398 e. The van der Waals surface area contributed by atoms with Crippen LogP contribution in [0.3, 0.4) is 0 Å². The lowest BCUT2D eigenvalue weighted by molar-refractivity contribution is 0.0979. The molecule has 1 aliphatic rings. The molecule has 2 aromatic carbocycles. The number of ketones is 2. The summed E-state index contributed by atoms with van der Waals surface area (Å²) >= 11 is 0. The average Bonchev–Trinajstić information content (AvgIpc) is 2.51. The SMILES string of the molecule is CCN(O)c1ccc(N)c2c1C(=O)c1ccccc1C2=O. The second-order valence-corrected chi connectivity index (χ2v) is 4.84. The predicted octanol–water partition coefficient (Wildman–Crippen LogP) is 2.26. The Morgan fingerprint density at radius 1 is 1.00 bits per heavy atom. The molecule has 0 saturated heterocycles. The number of anilines is 2. The van der Waals surface area contributed by atoms with Gasteiger partial charge in [-0.1, -0.05) is 24.3 Å². The second kappa shape index (κ2) is 4.71. The first-order valence-electron chi connectivity index (χ1n) is 6.63. The number of nitrogens with two attached hydrogens (primary N) is 1. The fraction of sp³-hybridized carbons (Fsp3) is 0.125. The van der Waals surface area contributed by atoms with Crippen LogP contribution in [0.5, 0.6) is 0 Å². The van der Waals surface area contributed by atoms with Gasteiger partial charge < -0.3 is 5.73 Å². The Balaban J connectivity index is 2.34. The van der Waals surface area contributed by atoms with Crippen LogP contribution in [0.25, 0.3) is 0 Å². The molecule has 0 spiro atoms. The number of nitrogens with zero attached hydrogens (tertiary/aromatic N) is 1. The molecule has 0 aliphatic heterocycles. The van der Waals surface area contributed by atoms with Crippen molar-refractivity contribution in [2.75, 3.05) is 17.3 Å². The third-order valence-corrected chi connectivity index (χ3v) is 3.66. The molecule has 0 amide bonds. The molecule has 0 atom stereocenters. The first-order valence-corrected chi connectivity index (χ1v) is 6.63. The molecule has 0 radical (unpaired) electrons. The van der Waals surface area contributed by atoms with Crippen molar-refractivity contribution in [2.45, 2.75) is 6.92 Å². The Hall–Kier alpha value is -2.66. The monoisotopic (exact) mass is 282 g/mol. The van der Waals surface area contributed by atoms with Crippen LogP contribution in [-0.4, -0.2) is 23.3 Å². The standard InChI is InChI=1S/C16H14N2O3/c1-2-18(21)12-8-7-11(17)13-14(12)16(20)10-6-4-3-5-9(10)15(13)19/h3-8,21H,2,17H2,1H3. The summed E-state index contributed by atoms with van der Waals surface area (Å²) in [5.74, 6) is -0.584. The Kier molecular flexibility index (Phi) is 2.99. The van der Waals surface area contributed by atoms with Crippen LogP contribution >= 0.6 is 0 Å². The molecule has 0 bridgehead atoms. The molecule has 1 aliphatic carbocycles. The number of hydrogen-bond acceptors (Lipinski definition) is 5. The first-order chi connectivity index (χ1) is 10.1. The van der Waals surface area contributed by atoms with Gasteiger partial charge in [0.25, 0.3) is 0 Å². The molecule has 0 heterocycles. The number of benzene rings is 2. The number of carbonyl (C=O) groups is 2. The molecular formula is C16H14N2O3. The van der Waals surface area contributed by atoms with Crippen LogP contribution in [0.4, 0.5) is 11.4 Å². The van der Waals surface area contributed by atoms with Crippen molar-refractivity contribution in [3.8, 4) is 0 Å². The molecule has 0 aromatic heterocycles. The Morgan fingerprint density at radius 2 is 1.57 bits per heavy atom. The minimum atomic E-state index is -0.296. The zero-order valence-electron chi connectivity index (χ0n) is 11.5. The van der Waals surface area contributed by atoms with E-state index >= 15 is 0 Å². The van der Waals surface area contributed by atoms with Gasteiger partial charge in [0.2, 0.25) is 0 Å². The highest BCUT2D eigenvalue weighted by Crippen LogP contribution is 2.36. The minimum Gasteiger partial charge on any atom is -0.398 e. The van der Waals surface area contributed by atoms with Gasteiger partial charge in [-0.3, -0.25) is 19.9 Å². The average molecular weight is 282 g/mol. The maximum absolute atomic E-state index is 12.7. The predicted molar refractivity (Wildman–Crippen MR) is 79.0 cm³/mol. The summed E-state index contributed by atoms with van der Waals surface area (Å²) in [6.45, 7) is 2.03. The highest BCUT2D eigenvalue weighted by Gasteiger charge is 2.34. The van der Waals surface area contributed by atoms with Gasteiger partial charge in [-0.2, -0.15) is 0 Å². The van der Waals surface area contributed by atoms with E-state index in [0.717, 1.165) is 5.06 Å². The fourth-order valence-corrected chi connectivity index (χ4v) is 2.62. The number of carbonyl (C=O) groups excluding carboxylic acids is 2. The molecule has 0 saturated carbocycles. The van der Waals surface area contributed by atoms with Gasteiger partial charge in [0, 0.05) is 23.4 Å². The van der Waals surface area contributed by atoms with Gasteiger partial charge in [-0.15, -0.1) is 0 Å². The van der Waals surface area contributed by atoms with Crippen LogP contribution in [0.2, 0.25) is 0 Å². The molecule has 3 N–H and O–H groups in total. The van der Waals surface area contributed by atoms with Gasteiger partial charge >= 0.3 is 0 Å². The Morgan fingerprint density at radius 3 is 2.14 bits per heavy atom. The zero-order chi connectivity index (χ0) is 15.1. The molecule has 3 rings (SSSR count). The Bertz CT molecular complexity index is 768. The van der Waals surface area contributed by atoms with Crippen molar-refractivity contribution in [1.29, 1.82) is 0 Å². The topological polar surface area (TPSA) is 83.6 Å². The summed E-state index contributed by atoms with van der Waals surface area (Å²) < 4.78 is 0. The van der Waals surface area contributed by atoms with Crippen LogP contribution in [-0.2, 0) is 0 Å².